The number of hydrogen-bond donors (Lipinski definition) is 0. The number of thioether (sulfide) groups is 1. The molecular weight excluding hydrogens is 475 g/mol. The van der Waals surface area contributed by atoms with Crippen molar-refractivity contribution in [3.05, 3.63) is 88.9 Å². The molecule has 1 aliphatic heterocycles. The summed E-state index contributed by atoms with van der Waals surface area (Å²) in [6.45, 7) is 0. The Balaban J connectivity index is 0.00000171. The summed E-state index contributed by atoms with van der Waals surface area (Å²) in [5.41, 5.74) is 2.71. The number of benzene rings is 3. The van der Waals surface area contributed by atoms with Gasteiger partial charge in [0.2, 0.25) is 0 Å². The van der Waals surface area contributed by atoms with Crippen LogP contribution in [0.1, 0.15) is 17.0 Å². The van der Waals surface area contributed by atoms with Crippen molar-refractivity contribution >= 4 is 42.6 Å². The molecule has 150 valence electrons. The number of hydrogen-bond acceptors (Lipinski definition) is 6. The number of phosphoric acid groups is 1. The maximum absolute atomic E-state index is 11.6. The van der Waals surface area contributed by atoms with Crippen molar-refractivity contribution in [3.63, 3.8) is 0 Å². The van der Waals surface area contributed by atoms with Gasteiger partial charge in [0, 0.05) is 34.3 Å². The number of rotatable bonds is 5. The fourth-order valence-electron chi connectivity index (χ4n) is 3.63. The second-order valence-corrected chi connectivity index (χ2v) is 9.36. The zero-order valence-electron chi connectivity index (χ0n) is 17.4. The van der Waals surface area contributed by atoms with Gasteiger partial charge in [-0.2, -0.15) is 0 Å². The maximum atomic E-state index is 11.6. The summed E-state index contributed by atoms with van der Waals surface area (Å²) >= 11 is 7.15. The van der Waals surface area contributed by atoms with Crippen LogP contribution in [0, 0.1) is 0 Å². The molecule has 0 N–H and O–H groups in total. The van der Waals surface area contributed by atoms with Gasteiger partial charge in [-0.1, -0.05) is 59.8 Å². The zero-order chi connectivity index (χ0) is 20.6. The Morgan fingerprint density at radius 1 is 0.935 bits per heavy atom. The third kappa shape index (κ3) is 6.42. The molecule has 0 fully saturated rings. The van der Waals surface area contributed by atoms with Crippen molar-refractivity contribution in [2.45, 2.75) is 16.2 Å². The summed E-state index contributed by atoms with van der Waals surface area (Å²) in [7, 11) is -3.27. The van der Waals surface area contributed by atoms with E-state index in [1.54, 1.807) is 24.3 Å². The second-order valence-electron chi connectivity index (χ2n) is 6.65. The third-order valence-electron chi connectivity index (χ3n) is 4.84. The Labute approximate surface area is 235 Å². The topological polar surface area (TPSA) is 75.7 Å². The van der Waals surface area contributed by atoms with Crippen LogP contribution in [0.3, 0.4) is 0 Å². The molecular formula is C21H17ClNNa2O4PS. The van der Waals surface area contributed by atoms with Crippen molar-refractivity contribution in [1.29, 1.82) is 0 Å². The monoisotopic (exact) mass is 491 g/mol. The van der Waals surface area contributed by atoms with Gasteiger partial charge in [0.1, 0.15) is 5.44 Å². The van der Waals surface area contributed by atoms with E-state index in [1.165, 1.54) is 11.8 Å². The molecule has 0 amide bonds. The van der Waals surface area contributed by atoms with Crippen molar-refractivity contribution in [2.75, 3.05) is 11.9 Å². The van der Waals surface area contributed by atoms with Gasteiger partial charge in [-0.05, 0) is 47.5 Å². The van der Waals surface area contributed by atoms with Crippen LogP contribution in [-0.2, 0) is 9.09 Å². The summed E-state index contributed by atoms with van der Waals surface area (Å²) in [5, 5.41) is 0.570. The standard InChI is InChI=1S/C21H19ClNO4PS.2Na/c1-23-18-8-4-2-6-16(18)20(17-7-3-5-9-19(17)23)21(27-28(24,25)26)29-15-12-10-14(22)11-13-15;;/h2-13,20-21H,1H3,(H2,24,25,26);;/q;2*+1/p-2. The van der Waals surface area contributed by atoms with E-state index in [2.05, 4.69) is 4.90 Å². The first-order chi connectivity index (χ1) is 13.8. The van der Waals surface area contributed by atoms with Gasteiger partial charge < -0.3 is 23.8 Å². The Morgan fingerprint density at radius 3 is 1.90 bits per heavy atom. The molecule has 3 aromatic rings. The van der Waals surface area contributed by atoms with Crippen LogP contribution in [0.25, 0.3) is 0 Å². The molecule has 0 bridgehead atoms. The van der Waals surface area contributed by atoms with Gasteiger partial charge in [-0.15, -0.1) is 0 Å². The second kappa shape index (κ2) is 11.6. The molecule has 4 rings (SSSR count). The minimum absolute atomic E-state index is 0. The van der Waals surface area contributed by atoms with Gasteiger partial charge in [0.15, 0.2) is 0 Å². The Morgan fingerprint density at radius 2 is 1.42 bits per heavy atom. The van der Waals surface area contributed by atoms with E-state index in [0.29, 0.717) is 5.02 Å². The average Bonchev–Trinajstić information content (AvgIpc) is 2.69. The van der Waals surface area contributed by atoms with Gasteiger partial charge in [-0.25, -0.2) is 0 Å². The smallest absolute Gasteiger partial charge is 0.790 e. The molecule has 0 spiro atoms. The first-order valence-corrected chi connectivity index (χ1v) is 11.6. The summed E-state index contributed by atoms with van der Waals surface area (Å²) in [4.78, 5) is 26.1. The normalized spacial score (nSPS) is 14.0. The molecule has 3 aromatic carbocycles. The Hall–Kier alpha value is 0.210. The molecule has 0 radical (unpaired) electrons. The van der Waals surface area contributed by atoms with E-state index in [9.17, 15) is 14.4 Å². The number of nitrogens with zero attached hydrogens (tertiary/aromatic N) is 1. The van der Waals surface area contributed by atoms with E-state index >= 15 is 0 Å². The summed E-state index contributed by atoms with van der Waals surface area (Å²) in [5.74, 6) is -0.449. The SMILES string of the molecule is CN1c2ccccc2C(C(OP(=O)([O-])[O-])Sc2ccc(Cl)cc2)c2ccccc21.[Na+].[Na+]. The zero-order valence-corrected chi connectivity index (χ0v) is 23.9. The van der Waals surface area contributed by atoms with Crippen molar-refractivity contribution in [2.24, 2.45) is 0 Å². The van der Waals surface area contributed by atoms with Crippen LogP contribution in [0.4, 0.5) is 11.4 Å². The molecule has 31 heavy (non-hydrogen) atoms. The van der Waals surface area contributed by atoms with Crippen molar-refractivity contribution < 1.29 is 78.0 Å². The number of para-hydroxylation sites is 2. The van der Waals surface area contributed by atoms with Gasteiger partial charge in [0.05, 0.1) is 7.82 Å². The van der Waals surface area contributed by atoms with Crippen LogP contribution in [0.15, 0.2) is 77.7 Å². The molecule has 1 unspecified atom stereocenters. The molecule has 0 aliphatic carbocycles. The molecule has 0 aromatic heterocycles. The Kier molecular flexibility index (Phi) is 10.2. The van der Waals surface area contributed by atoms with E-state index in [-0.39, 0.29) is 59.1 Å². The minimum atomic E-state index is -5.23. The molecule has 0 saturated carbocycles. The van der Waals surface area contributed by atoms with Crippen LogP contribution < -0.4 is 73.8 Å². The maximum Gasteiger partial charge on any atom is 1.00 e. The quantitative estimate of drug-likeness (QED) is 0.188. The van der Waals surface area contributed by atoms with E-state index in [4.69, 9.17) is 16.1 Å². The van der Waals surface area contributed by atoms with Crippen LogP contribution in [0.5, 0.6) is 0 Å². The molecule has 1 aliphatic rings. The van der Waals surface area contributed by atoms with Gasteiger partial charge in [-0.3, -0.25) is 0 Å². The number of anilines is 2. The number of fused-ring (bicyclic) bond motifs is 2. The molecule has 0 saturated heterocycles. The molecule has 10 heteroatoms. The van der Waals surface area contributed by atoms with Crippen LogP contribution in [-0.4, -0.2) is 12.5 Å². The molecule has 5 nitrogen and oxygen atoms in total. The van der Waals surface area contributed by atoms with E-state index < -0.39 is 19.2 Å². The first-order valence-electron chi connectivity index (χ1n) is 8.88. The third-order valence-corrected chi connectivity index (χ3v) is 6.86. The molecule has 1 heterocycles. The number of phosphoric ester groups is 1. The van der Waals surface area contributed by atoms with Gasteiger partial charge in [0.25, 0.3) is 0 Å². The predicted octanol–water partition coefficient (Wildman–Crippen LogP) is -1.48. The van der Waals surface area contributed by atoms with Crippen LogP contribution >= 0.6 is 31.2 Å². The minimum Gasteiger partial charge on any atom is -0.790 e. The number of halogens is 1. The Bertz CT molecular complexity index is 1040. The summed E-state index contributed by atoms with van der Waals surface area (Å²) in [6, 6.07) is 22.4. The van der Waals surface area contributed by atoms with Gasteiger partial charge >= 0.3 is 59.1 Å². The van der Waals surface area contributed by atoms with Crippen molar-refractivity contribution in [1.82, 2.24) is 0 Å². The molecule has 1 atom stereocenters. The predicted molar refractivity (Wildman–Crippen MR) is 113 cm³/mol. The fraction of sp³-hybridized carbons (Fsp3) is 0.143. The summed E-state index contributed by atoms with van der Waals surface area (Å²) < 4.78 is 16.7. The van der Waals surface area contributed by atoms with E-state index in [1.807, 2.05) is 55.6 Å². The summed E-state index contributed by atoms with van der Waals surface area (Å²) in [6.07, 6.45) is 0. The first kappa shape index (κ1) is 27.5. The van der Waals surface area contributed by atoms with Crippen LogP contribution in [0.2, 0.25) is 5.02 Å². The van der Waals surface area contributed by atoms with E-state index in [0.717, 1.165) is 27.4 Å². The average molecular weight is 492 g/mol. The fourth-order valence-corrected chi connectivity index (χ4v) is 5.61. The largest absolute Gasteiger partial charge is 1.00 e. The van der Waals surface area contributed by atoms with Crippen molar-refractivity contribution in [3.8, 4) is 0 Å².